The van der Waals surface area contributed by atoms with Crippen molar-refractivity contribution in [2.24, 2.45) is 5.73 Å². The van der Waals surface area contributed by atoms with Crippen molar-refractivity contribution in [1.29, 1.82) is 0 Å². The second-order valence-corrected chi connectivity index (χ2v) is 8.54. The highest BCUT2D eigenvalue weighted by Crippen LogP contribution is 2.34. The van der Waals surface area contributed by atoms with Gasteiger partial charge in [-0.05, 0) is 36.1 Å². The van der Waals surface area contributed by atoms with Crippen molar-refractivity contribution in [3.63, 3.8) is 0 Å². The van der Waals surface area contributed by atoms with Crippen LogP contribution in [0.25, 0.3) is 16.9 Å². The third-order valence-corrected chi connectivity index (χ3v) is 6.21. The molecule has 4 aromatic rings. The maximum absolute atomic E-state index is 11.9. The Bertz CT molecular complexity index is 1420. The summed E-state index contributed by atoms with van der Waals surface area (Å²) < 4.78 is 1.94. The zero-order valence-corrected chi connectivity index (χ0v) is 19.0. The van der Waals surface area contributed by atoms with Gasteiger partial charge >= 0.3 is 7.12 Å². The number of carbonyl (C=O) groups is 1. The van der Waals surface area contributed by atoms with E-state index < -0.39 is 13.0 Å². The van der Waals surface area contributed by atoms with E-state index in [-0.39, 0.29) is 0 Å². The number of hydrogen-bond donors (Lipinski definition) is 4. The number of benzene rings is 2. The van der Waals surface area contributed by atoms with Crippen molar-refractivity contribution >= 4 is 40.9 Å². The SMILES string of the molecule is Cc1cc2c(C(N)=O)cccc2n1-c1nc2c(c(NCc3cccc(B(O)O)c3)n1)N(C)CC2. The second-order valence-electron chi connectivity index (χ2n) is 8.54. The number of nitrogens with zero attached hydrogens (tertiary/aromatic N) is 4. The Labute approximate surface area is 197 Å². The van der Waals surface area contributed by atoms with Gasteiger partial charge in [-0.15, -0.1) is 0 Å². The molecule has 0 bridgehead atoms. The molecule has 1 aliphatic rings. The molecule has 9 nitrogen and oxygen atoms in total. The van der Waals surface area contributed by atoms with Crippen LogP contribution in [0.1, 0.15) is 27.3 Å². The highest BCUT2D eigenvalue weighted by atomic mass is 16.4. The first-order chi connectivity index (χ1) is 16.3. The molecule has 0 spiro atoms. The van der Waals surface area contributed by atoms with Crippen LogP contribution in [-0.2, 0) is 13.0 Å². The van der Waals surface area contributed by atoms with E-state index in [1.165, 1.54) is 0 Å². The molecular formula is C24H25BN6O3. The molecule has 1 aliphatic heterocycles. The number of amides is 1. The maximum atomic E-state index is 11.9. The minimum absolute atomic E-state index is 0.435. The normalized spacial score (nSPS) is 12.8. The van der Waals surface area contributed by atoms with Gasteiger partial charge in [0.05, 0.1) is 11.2 Å². The molecule has 1 amide bonds. The topological polar surface area (TPSA) is 130 Å². The average Bonchev–Trinajstić information content (AvgIpc) is 3.36. The number of carbonyl (C=O) groups excluding carboxylic acids is 1. The minimum Gasteiger partial charge on any atom is -0.423 e. The van der Waals surface area contributed by atoms with Crippen LogP contribution in [0, 0.1) is 6.92 Å². The van der Waals surface area contributed by atoms with Crippen LogP contribution in [0.4, 0.5) is 11.5 Å². The summed E-state index contributed by atoms with van der Waals surface area (Å²) in [4.78, 5) is 23.8. The van der Waals surface area contributed by atoms with E-state index in [9.17, 15) is 14.8 Å². The standard InChI is InChI=1S/C24H25BN6O3/c1-14-11-18-17(22(26)32)7-4-8-20(18)31(14)24-28-19-9-10-30(2)21(19)23(29-24)27-13-15-5-3-6-16(12-15)25(33)34/h3-8,11-12,33-34H,9-10,13H2,1-2H3,(H2,26,32)(H,27,28,29). The Balaban J connectivity index is 1.58. The molecule has 5 rings (SSSR count). The second kappa shape index (κ2) is 8.47. The first kappa shape index (κ1) is 21.9. The van der Waals surface area contributed by atoms with E-state index in [0.717, 1.165) is 46.5 Å². The number of fused-ring (bicyclic) bond motifs is 2. The molecule has 0 fully saturated rings. The van der Waals surface area contributed by atoms with Crippen LogP contribution in [0.2, 0.25) is 0 Å². The maximum Gasteiger partial charge on any atom is 0.488 e. The summed E-state index contributed by atoms with van der Waals surface area (Å²) in [6.45, 7) is 3.24. The van der Waals surface area contributed by atoms with Gasteiger partial charge in [0.2, 0.25) is 11.9 Å². The lowest BCUT2D eigenvalue weighted by molar-refractivity contribution is 0.100. The van der Waals surface area contributed by atoms with E-state index in [0.29, 0.717) is 29.3 Å². The Hall–Kier alpha value is -3.89. The molecule has 0 unspecified atom stereocenters. The fraction of sp³-hybridized carbons (Fsp3) is 0.208. The van der Waals surface area contributed by atoms with Crippen molar-refractivity contribution in [3.05, 3.63) is 71.0 Å². The molecule has 0 saturated carbocycles. The summed E-state index contributed by atoms with van der Waals surface area (Å²) in [7, 11) is 0.495. The number of nitrogens with two attached hydrogens (primary N) is 1. The largest absolute Gasteiger partial charge is 0.488 e. The summed E-state index contributed by atoms with van der Waals surface area (Å²) in [6, 6.07) is 14.5. The van der Waals surface area contributed by atoms with Gasteiger partial charge in [0, 0.05) is 43.2 Å². The van der Waals surface area contributed by atoms with Crippen LogP contribution in [-0.4, -0.2) is 51.2 Å². The van der Waals surface area contributed by atoms with Crippen LogP contribution in [0.15, 0.2) is 48.5 Å². The molecule has 10 heteroatoms. The predicted molar refractivity (Wildman–Crippen MR) is 133 cm³/mol. The fourth-order valence-corrected chi connectivity index (χ4v) is 4.57. The number of primary amides is 1. The molecule has 34 heavy (non-hydrogen) atoms. The molecule has 0 atom stereocenters. The number of aromatic nitrogens is 3. The molecule has 172 valence electrons. The van der Waals surface area contributed by atoms with E-state index in [1.807, 2.05) is 36.7 Å². The number of hydrogen-bond acceptors (Lipinski definition) is 7. The summed E-state index contributed by atoms with van der Waals surface area (Å²) >= 11 is 0. The van der Waals surface area contributed by atoms with Gasteiger partial charge in [-0.25, -0.2) is 4.98 Å². The van der Waals surface area contributed by atoms with Gasteiger partial charge in [-0.3, -0.25) is 9.36 Å². The highest BCUT2D eigenvalue weighted by Gasteiger charge is 2.25. The summed E-state index contributed by atoms with van der Waals surface area (Å²) in [5.41, 5.74) is 11.0. The Morgan fingerprint density at radius 3 is 2.74 bits per heavy atom. The van der Waals surface area contributed by atoms with Crippen molar-refractivity contribution < 1.29 is 14.8 Å². The van der Waals surface area contributed by atoms with Crippen molar-refractivity contribution in [1.82, 2.24) is 14.5 Å². The van der Waals surface area contributed by atoms with Gasteiger partial charge in [-0.2, -0.15) is 4.98 Å². The van der Waals surface area contributed by atoms with Gasteiger partial charge in [0.15, 0.2) is 5.82 Å². The summed E-state index contributed by atoms with van der Waals surface area (Å²) in [5.74, 6) is 0.740. The van der Waals surface area contributed by atoms with Crippen LogP contribution >= 0.6 is 0 Å². The van der Waals surface area contributed by atoms with Crippen LogP contribution in [0.3, 0.4) is 0 Å². The zero-order valence-electron chi connectivity index (χ0n) is 19.0. The lowest BCUT2D eigenvalue weighted by Crippen LogP contribution is -2.30. The molecule has 0 radical (unpaired) electrons. The van der Waals surface area contributed by atoms with Gasteiger partial charge in [0.1, 0.15) is 5.69 Å². The van der Waals surface area contributed by atoms with E-state index in [1.54, 1.807) is 30.3 Å². The molecule has 2 aromatic heterocycles. The number of nitrogens with one attached hydrogen (secondary N) is 1. The minimum atomic E-state index is -1.52. The van der Waals surface area contributed by atoms with Gasteiger partial charge < -0.3 is 26.0 Å². The van der Waals surface area contributed by atoms with E-state index in [2.05, 4.69) is 10.2 Å². The van der Waals surface area contributed by atoms with Gasteiger partial charge in [0.25, 0.3) is 0 Å². The number of aryl methyl sites for hydroxylation is 1. The van der Waals surface area contributed by atoms with Crippen LogP contribution in [0.5, 0.6) is 0 Å². The number of likely N-dealkylation sites (N-methyl/N-ethyl adjacent to an activating group) is 1. The molecule has 3 heterocycles. The fourth-order valence-electron chi connectivity index (χ4n) is 4.57. The zero-order chi connectivity index (χ0) is 24.0. The average molecular weight is 456 g/mol. The molecule has 0 aliphatic carbocycles. The first-order valence-electron chi connectivity index (χ1n) is 11.1. The molecule has 2 aromatic carbocycles. The van der Waals surface area contributed by atoms with Crippen molar-refractivity contribution in [3.8, 4) is 5.95 Å². The van der Waals surface area contributed by atoms with E-state index >= 15 is 0 Å². The summed E-state index contributed by atoms with van der Waals surface area (Å²) in [6.07, 6.45) is 0.799. The third kappa shape index (κ3) is 3.76. The Kier molecular flexibility index (Phi) is 5.47. The quantitative estimate of drug-likeness (QED) is 0.320. The number of anilines is 2. The Morgan fingerprint density at radius 1 is 1.18 bits per heavy atom. The first-order valence-corrected chi connectivity index (χ1v) is 11.1. The number of rotatable bonds is 6. The third-order valence-electron chi connectivity index (χ3n) is 6.21. The van der Waals surface area contributed by atoms with E-state index in [4.69, 9.17) is 15.7 Å². The predicted octanol–water partition coefficient (Wildman–Crippen LogP) is 1.11. The van der Waals surface area contributed by atoms with Crippen LogP contribution < -0.4 is 21.4 Å². The van der Waals surface area contributed by atoms with Crippen molar-refractivity contribution in [2.75, 3.05) is 23.8 Å². The van der Waals surface area contributed by atoms with Crippen molar-refractivity contribution in [2.45, 2.75) is 19.9 Å². The lowest BCUT2D eigenvalue weighted by Gasteiger charge is -2.18. The Morgan fingerprint density at radius 2 is 1.97 bits per heavy atom. The monoisotopic (exact) mass is 456 g/mol. The van der Waals surface area contributed by atoms with Gasteiger partial charge in [-0.1, -0.05) is 30.3 Å². The summed E-state index contributed by atoms with van der Waals surface area (Å²) in [5, 5.41) is 23.1. The highest BCUT2D eigenvalue weighted by molar-refractivity contribution is 6.58. The smallest absolute Gasteiger partial charge is 0.423 e. The molecule has 5 N–H and O–H groups in total. The molecular weight excluding hydrogens is 431 g/mol. The lowest BCUT2D eigenvalue weighted by atomic mass is 9.80. The molecule has 0 saturated heterocycles.